The second-order valence-electron chi connectivity index (χ2n) is 7.82. The van der Waals surface area contributed by atoms with Gasteiger partial charge in [0.05, 0.1) is 0 Å². The Morgan fingerprint density at radius 1 is 0.800 bits per heavy atom. The van der Waals surface area contributed by atoms with E-state index >= 15 is 0 Å². The zero-order valence-electron chi connectivity index (χ0n) is 16.7. The molecule has 7 heteroatoms. The highest BCUT2D eigenvalue weighted by Gasteiger charge is 2.13. The van der Waals surface area contributed by atoms with Crippen LogP contribution in [-0.4, -0.2) is 52.2 Å². The van der Waals surface area contributed by atoms with Crippen molar-refractivity contribution >= 4 is 28.2 Å². The zero-order valence-corrected chi connectivity index (χ0v) is 16.7. The minimum absolute atomic E-state index is 0.862. The number of fused-ring (bicyclic) bond motifs is 2. The Labute approximate surface area is 174 Å². The van der Waals surface area contributed by atoms with E-state index in [9.17, 15) is 0 Å². The molecule has 0 atom stereocenters. The Morgan fingerprint density at radius 2 is 1.60 bits per heavy atom. The fraction of sp³-hybridized carbons (Fsp3) is 0.261. The number of H-pyrrole nitrogens is 1. The van der Waals surface area contributed by atoms with E-state index in [1.54, 1.807) is 0 Å². The molecule has 1 aromatic carbocycles. The summed E-state index contributed by atoms with van der Waals surface area (Å²) in [5.74, 6) is 1.88. The molecule has 30 heavy (non-hydrogen) atoms. The van der Waals surface area contributed by atoms with Crippen LogP contribution in [-0.2, 0) is 0 Å². The molecular formula is C23H23N7. The second kappa shape index (κ2) is 7.02. The summed E-state index contributed by atoms with van der Waals surface area (Å²) < 4.78 is 2.07. The average molecular weight is 397 g/mol. The molecule has 0 spiro atoms. The number of imidazole rings is 1. The zero-order chi connectivity index (χ0) is 19.9. The normalized spacial score (nSPS) is 16.8. The first-order valence-electron chi connectivity index (χ1n) is 10.5. The lowest BCUT2D eigenvalue weighted by atomic mass is 10.1. The van der Waals surface area contributed by atoms with E-state index in [1.165, 1.54) is 5.39 Å². The van der Waals surface area contributed by atoms with Crippen LogP contribution in [0.3, 0.4) is 0 Å². The molecule has 0 saturated carbocycles. The van der Waals surface area contributed by atoms with Crippen molar-refractivity contribution in [2.75, 3.05) is 26.2 Å². The van der Waals surface area contributed by atoms with Crippen LogP contribution in [0.1, 0.15) is 24.1 Å². The number of benzene rings is 1. The van der Waals surface area contributed by atoms with Gasteiger partial charge in [-0.25, -0.2) is 4.98 Å². The fourth-order valence-corrected chi connectivity index (χ4v) is 4.13. The molecule has 0 aliphatic carbocycles. The molecule has 3 N–H and O–H groups in total. The van der Waals surface area contributed by atoms with Gasteiger partial charge in [0.25, 0.3) is 0 Å². The number of aliphatic imine (C=N–C) groups is 2. The minimum atomic E-state index is 0.862. The molecular weight excluding hydrogens is 374 g/mol. The highest BCUT2D eigenvalue weighted by atomic mass is 15.1. The van der Waals surface area contributed by atoms with Gasteiger partial charge in [-0.3, -0.25) is 9.98 Å². The third kappa shape index (κ3) is 3.03. The summed E-state index contributed by atoms with van der Waals surface area (Å²) in [4.78, 5) is 17.5. The van der Waals surface area contributed by atoms with Gasteiger partial charge in [-0.1, -0.05) is 12.1 Å². The molecule has 0 radical (unpaired) electrons. The van der Waals surface area contributed by atoms with Crippen LogP contribution < -0.4 is 10.6 Å². The quantitative estimate of drug-likeness (QED) is 0.497. The first-order valence-corrected chi connectivity index (χ1v) is 10.5. The maximum Gasteiger partial charge on any atom is 0.148 e. The van der Waals surface area contributed by atoms with Crippen LogP contribution in [0, 0.1) is 0 Å². The Kier molecular flexibility index (Phi) is 4.04. The van der Waals surface area contributed by atoms with Crippen molar-refractivity contribution in [1.29, 1.82) is 0 Å². The number of hydrogen-bond acceptors (Lipinski definition) is 5. The number of rotatable bonds is 3. The smallest absolute Gasteiger partial charge is 0.148 e. The first kappa shape index (κ1) is 17.3. The molecule has 0 saturated heterocycles. The highest BCUT2D eigenvalue weighted by molar-refractivity contribution is 6.02. The van der Waals surface area contributed by atoms with Gasteiger partial charge in [0, 0.05) is 66.3 Å². The fourth-order valence-electron chi connectivity index (χ4n) is 4.13. The van der Waals surface area contributed by atoms with Gasteiger partial charge in [-0.05, 0) is 37.1 Å². The van der Waals surface area contributed by atoms with Crippen molar-refractivity contribution in [2.45, 2.75) is 12.8 Å². The molecule has 3 aromatic heterocycles. The summed E-state index contributed by atoms with van der Waals surface area (Å²) in [6.07, 6.45) is 6.34. The second-order valence-corrected chi connectivity index (χ2v) is 7.82. The van der Waals surface area contributed by atoms with Crippen LogP contribution in [0.2, 0.25) is 0 Å². The van der Waals surface area contributed by atoms with E-state index in [-0.39, 0.29) is 0 Å². The molecule has 0 amide bonds. The summed E-state index contributed by atoms with van der Waals surface area (Å²) in [5, 5.41) is 7.94. The molecule has 4 aromatic rings. The molecule has 6 rings (SSSR count). The third-order valence-corrected chi connectivity index (χ3v) is 5.70. The Hall–Kier alpha value is -3.61. The van der Waals surface area contributed by atoms with Crippen molar-refractivity contribution in [3.05, 3.63) is 60.0 Å². The van der Waals surface area contributed by atoms with Gasteiger partial charge in [0.2, 0.25) is 0 Å². The highest BCUT2D eigenvalue weighted by Crippen LogP contribution is 2.26. The topological polar surface area (TPSA) is 81.9 Å². The van der Waals surface area contributed by atoms with E-state index in [0.29, 0.717) is 0 Å². The van der Waals surface area contributed by atoms with Crippen molar-refractivity contribution < 1.29 is 0 Å². The molecule has 150 valence electrons. The summed E-state index contributed by atoms with van der Waals surface area (Å²) in [6, 6.07) is 12.8. The Bertz CT molecular complexity index is 1280. The summed E-state index contributed by atoms with van der Waals surface area (Å²) in [5.41, 5.74) is 6.27. The molecule has 0 bridgehead atoms. The summed E-state index contributed by atoms with van der Waals surface area (Å²) >= 11 is 0. The molecule has 7 nitrogen and oxygen atoms in total. The van der Waals surface area contributed by atoms with E-state index in [1.807, 2.05) is 6.20 Å². The maximum atomic E-state index is 4.72. The lowest BCUT2D eigenvalue weighted by molar-refractivity contribution is 0.741. The van der Waals surface area contributed by atoms with Crippen LogP contribution in [0.4, 0.5) is 0 Å². The van der Waals surface area contributed by atoms with Crippen molar-refractivity contribution in [2.24, 2.45) is 9.98 Å². The van der Waals surface area contributed by atoms with Gasteiger partial charge in [0.1, 0.15) is 23.0 Å². The van der Waals surface area contributed by atoms with Gasteiger partial charge in [-0.15, -0.1) is 0 Å². The lowest BCUT2D eigenvalue weighted by Gasteiger charge is -2.14. The number of aromatic nitrogens is 3. The number of aromatic amines is 1. The molecule has 5 heterocycles. The van der Waals surface area contributed by atoms with E-state index in [4.69, 9.17) is 4.98 Å². The van der Waals surface area contributed by atoms with Crippen LogP contribution >= 0.6 is 0 Å². The lowest BCUT2D eigenvalue weighted by Crippen LogP contribution is -2.30. The Morgan fingerprint density at radius 3 is 2.40 bits per heavy atom. The first-order chi connectivity index (χ1) is 14.8. The van der Waals surface area contributed by atoms with Crippen molar-refractivity contribution in [1.82, 2.24) is 25.0 Å². The number of hydrogen-bond donors (Lipinski definition) is 3. The van der Waals surface area contributed by atoms with Crippen LogP contribution in [0.5, 0.6) is 0 Å². The monoisotopic (exact) mass is 397 g/mol. The third-order valence-electron chi connectivity index (χ3n) is 5.70. The molecule has 0 fully saturated rings. The van der Waals surface area contributed by atoms with Crippen LogP contribution in [0.25, 0.3) is 27.8 Å². The minimum Gasteiger partial charge on any atom is -0.370 e. The number of amidine groups is 2. The predicted octanol–water partition coefficient (Wildman–Crippen LogP) is 2.96. The SMILES string of the molecule is c1cc2cc(-c3ccc4nc(C5=NCCCN5)cn4c3)[nH]c2cc1C1=NCCCN1. The maximum absolute atomic E-state index is 4.72. The van der Waals surface area contributed by atoms with Gasteiger partial charge < -0.3 is 20.0 Å². The van der Waals surface area contributed by atoms with Crippen LogP contribution in [0.15, 0.2) is 58.8 Å². The number of nitrogens with zero attached hydrogens (tertiary/aromatic N) is 4. The standard InChI is InChI=1S/C23H23N7/c1-7-24-22(25-8-1)16-4-3-15-11-19(28-18(15)12-16)17-5-6-21-29-20(14-30(21)13-17)23-26-9-2-10-27-23/h3-6,11-14,28H,1-2,7-10H2,(H,24,25)(H,26,27). The van der Waals surface area contributed by atoms with Crippen molar-refractivity contribution in [3.63, 3.8) is 0 Å². The molecule has 2 aliphatic rings. The van der Waals surface area contributed by atoms with E-state index in [2.05, 4.69) is 72.6 Å². The van der Waals surface area contributed by atoms with Crippen molar-refractivity contribution in [3.8, 4) is 11.3 Å². The van der Waals surface area contributed by atoms with Gasteiger partial charge >= 0.3 is 0 Å². The van der Waals surface area contributed by atoms with E-state index < -0.39 is 0 Å². The molecule has 2 aliphatic heterocycles. The van der Waals surface area contributed by atoms with E-state index in [0.717, 1.165) is 84.4 Å². The average Bonchev–Trinajstić information content (AvgIpc) is 3.43. The van der Waals surface area contributed by atoms with Gasteiger partial charge in [-0.2, -0.15) is 0 Å². The predicted molar refractivity (Wildman–Crippen MR) is 121 cm³/mol. The summed E-state index contributed by atoms with van der Waals surface area (Å²) in [6.45, 7) is 3.70. The van der Waals surface area contributed by atoms with Gasteiger partial charge in [0.15, 0.2) is 0 Å². The number of pyridine rings is 1. The largest absolute Gasteiger partial charge is 0.370 e. The Balaban J connectivity index is 1.36. The number of nitrogens with one attached hydrogen (secondary N) is 3. The summed E-state index contributed by atoms with van der Waals surface area (Å²) in [7, 11) is 0. The molecule has 0 unspecified atom stereocenters.